The van der Waals surface area contributed by atoms with Gasteiger partial charge in [0.2, 0.25) is 0 Å². The van der Waals surface area contributed by atoms with E-state index < -0.39 is 0 Å². The van der Waals surface area contributed by atoms with E-state index in [-0.39, 0.29) is 6.10 Å². The molecule has 1 aliphatic heterocycles. The average Bonchev–Trinajstić information content (AvgIpc) is 2.78. The molecular weight excluding hydrogens is 232 g/mol. The van der Waals surface area contributed by atoms with Crippen LogP contribution in [-0.4, -0.2) is 30.8 Å². The molecule has 0 radical (unpaired) electrons. The van der Waals surface area contributed by atoms with Gasteiger partial charge in [-0.25, -0.2) is 0 Å². The van der Waals surface area contributed by atoms with E-state index in [1.165, 1.54) is 0 Å². The summed E-state index contributed by atoms with van der Waals surface area (Å²) in [7, 11) is 0. The maximum Gasteiger partial charge on any atom is 0.0973 e. The van der Waals surface area contributed by atoms with Crippen molar-refractivity contribution in [2.75, 3.05) is 19.6 Å². The van der Waals surface area contributed by atoms with Gasteiger partial charge in [0.25, 0.3) is 0 Å². The summed E-state index contributed by atoms with van der Waals surface area (Å²) in [4.78, 5) is 0. The lowest BCUT2D eigenvalue weighted by Gasteiger charge is -2.13. The van der Waals surface area contributed by atoms with Crippen molar-refractivity contribution in [3.05, 3.63) is 21.3 Å². The van der Waals surface area contributed by atoms with Crippen LogP contribution >= 0.6 is 22.9 Å². The fraction of sp³-hybridized carbons (Fsp3) is 0.600. The summed E-state index contributed by atoms with van der Waals surface area (Å²) in [6, 6.07) is 2.03. The highest BCUT2D eigenvalue weighted by atomic mass is 35.5. The Labute approximate surface area is 98.5 Å². The van der Waals surface area contributed by atoms with Crippen molar-refractivity contribution >= 4 is 22.9 Å². The van der Waals surface area contributed by atoms with Crippen LogP contribution in [0, 0.1) is 5.92 Å². The smallest absolute Gasteiger partial charge is 0.0973 e. The molecule has 0 spiro atoms. The number of hydrogen-bond donors (Lipinski definition) is 3. The fourth-order valence-corrected chi connectivity index (χ4v) is 2.69. The normalized spacial score (nSPS) is 26.0. The second-order valence-corrected chi connectivity index (χ2v) is 5.35. The number of thiophene rings is 1. The van der Waals surface area contributed by atoms with E-state index >= 15 is 0 Å². The zero-order valence-electron chi connectivity index (χ0n) is 8.37. The summed E-state index contributed by atoms with van der Waals surface area (Å²) in [6.07, 6.45) is -0.213. The molecule has 2 unspecified atom stereocenters. The Morgan fingerprint density at radius 3 is 3.07 bits per heavy atom. The van der Waals surface area contributed by atoms with E-state index in [9.17, 15) is 5.11 Å². The van der Waals surface area contributed by atoms with Crippen LogP contribution in [0.4, 0.5) is 0 Å². The van der Waals surface area contributed by atoms with Gasteiger partial charge in [-0.15, -0.1) is 11.3 Å². The van der Waals surface area contributed by atoms with E-state index in [1.807, 2.05) is 11.4 Å². The van der Waals surface area contributed by atoms with Crippen molar-refractivity contribution in [2.24, 2.45) is 5.92 Å². The van der Waals surface area contributed by atoms with E-state index in [0.29, 0.717) is 12.5 Å². The van der Waals surface area contributed by atoms with Crippen molar-refractivity contribution in [2.45, 2.75) is 12.6 Å². The van der Waals surface area contributed by atoms with Crippen LogP contribution in [0.3, 0.4) is 0 Å². The molecule has 1 aromatic rings. The van der Waals surface area contributed by atoms with Crippen LogP contribution in [0.15, 0.2) is 11.4 Å². The van der Waals surface area contributed by atoms with Crippen LogP contribution < -0.4 is 10.6 Å². The average molecular weight is 247 g/mol. The number of aliphatic hydroxyl groups excluding tert-OH is 1. The summed E-state index contributed by atoms with van der Waals surface area (Å²) in [5.74, 6) is 0.322. The molecule has 3 nitrogen and oxygen atoms in total. The van der Waals surface area contributed by atoms with Gasteiger partial charge >= 0.3 is 0 Å². The molecule has 0 aromatic carbocycles. The van der Waals surface area contributed by atoms with Gasteiger partial charge in [-0.1, -0.05) is 11.6 Å². The van der Waals surface area contributed by atoms with Gasteiger partial charge < -0.3 is 15.7 Å². The van der Waals surface area contributed by atoms with Crippen LogP contribution in [0.25, 0.3) is 0 Å². The zero-order valence-corrected chi connectivity index (χ0v) is 9.94. The number of rotatable bonds is 4. The molecule has 2 rings (SSSR count). The molecule has 15 heavy (non-hydrogen) atoms. The number of aliphatic hydroxyl groups is 1. The van der Waals surface area contributed by atoms with Crippen LogP contribution in [0.2, 0.25) is 4.34 Å². The van der Waals surface area contributed by atoms with E-state index in [1.54, 1.807) is 11.3 Å². The molecular formula is C10H15ClN2OS. The molecule has 1 fully saturated rings. The molecule has 1 aliphatic rings. The highest BCUT2D eigenvalue weighted by molar-refractivity contribution is 7.14. The lowest BCUT2D eigenvalue weighted by atomic mass is 10.1. The van der Waals surface area contributed by atoms with Gasteiger partial charge in [0.1, 0.15) is 0 Å². The van der Waals surface area contributed by atoms with Gasteiger partial charge in [-0.2, -0.15) is 0 Å². The number of hydrogen-bond acceptors (Lipinski definition) is 4. The minimum Gasteiger partial charge on any atom is -0.391 e. The third-order valence-corrected chi connectivity index (χ3v) is 3.97. The Kier molecular flexibility index (Phi) is 3.99. The first kappa shape index (κ1) is 11.4. The van der Waals surface area contributed by atoms with Gasteiger partial charge in [0, 0.05) is 32.1 Å². The van der Waals surface area contributed by atoms with Gasteiger partial charge in [0.05, 0.1) is 10.4 Å². The number of nitrogens with one attached hydrogen (secondary N) is 2. The number of halogens is 1. The highest BCUT2D eigenvalue weighted by Crippen LogP contribution is 2.22. The maximum absolute atomic E-state index is 9.57. The molecule has 0 bridgehead atoms. The summed E-state index contributed by atoms with van der Waals surface area (Å²) < 4.78 is 0.854. The second-order valence-electron chi connectivity index (χ2n) is 3.84. The molecule has 2 heterocycles. The van der Waals surface area contributed by atoms with Crippen LogP contribution in [0.1, 0.15) is 5.56 Å². The first-order valence-electron chi connectivity index (χ1n) is 5.08. The molecule has 2 atom stereocenters. The fourth-order valence-electron chi connectivity index (χ4n) is 1.77. The van der Waals surface area contributed by atoms with Gasteiger partial charge in [0.15, 0.2) is 0 Å². The zero-order chi connectivity index (χ0) is 10.7. The topological polar surface area (TPSA) is 44.3 Å². The third-order valence-electron chi connectivity index (χ3n) is 2.72. The first-order valence-corrected chi connectivity index (χ1v) is 6.34. The lowest BCUT2D eigenvalue weighted by molar-refractivity contribution is 0.146. The Morgan fingerprint density at radius 2 is 2.47 bits per heavy atom. The summed E-state index contributed by atoms with van der Waals surface area (Å²) in [6.45, 7) is 3.23. The molecule has 0 aliphatic carbocycles. The summed E-state index contributed by atoms with van der Waals surface area (Å²) >= 11 is 7.53. The molecule has 0 saturated carbocycles. The van der Waals surface area contributed by atoms with Gasteiger partial charge in [-0.3, -0.25) is 0 Å². The molecule has 3 N–H and O–H groups in total. The van der Waals surface area contributed by atoms with Crippen LogP contribution in [-0.2, 0) is 6.54 Å². The standard InChI is InChI=1S/C10H15ClN2OS/c11-10-7(1-2-15-10)3-12-4-8-5-13-6-9(8)14/h1-2,8-9,12-14H,3-6H2. The SMILES string of the molecule is OC1CNCC1CNCc1ccsc1Cl. The summed E-state index contributed by atoms with van der Waals surface area (Å²) in [5, 5.41) is 18.1. The minimum absolute atomic E-state index is 0.213. The molecule has 1 aromatic heterocycles. The Bertz CT molecular complexity index is 318. The van der Waals surface area contributed by atoms with Crippen LogP contribution in [0.5, 0.6) is 0 Å². The van der Waals surface area contributed by atoms with Crippen molar-refractivity contribution in [3.8, 4) is 0 Å². The van der Waals surface area contributed by atoms with Gasteiger partial charge in [-0.05, 0) is 17.0 Å². The molecule has 1 saturated heterocycles. The van der Waals surface area contributed by atoms with Crippen molar-refractivity contribution in [1.29, 1.82) is 0 Å². The van der Waals surface area contributed by atoms with E-state index in [2.05, 4.69) is 10.6 Å². The lowest BCUT2D eigenvalue weighted by Crippen LogP contribution is -2.30. The van der Waals surface area contributed by atoms with Crippen molar-refractivity contribution in [1.82, 2.24) is 10.6 Å². The quantitative estimate of drug-likeness (QED) is 0.745. The number of β-amino-alcohol motifs (C(OH)–C–C–N with tert-alkyl or cyclic N) is 1. The second kappa shape index (κ2) is 5.27. The molecule has 5 heteroatoms. The highest BCUT2D eigenvalue weighted by Gasteiger charge is 2.24. The Hall–Kier alpha value is -0.130. The largest absolute Gasteiger partial charge is 0.391 e. The predicted octanol–water partition coefficient (Wildman–Crippen LogP) is 1.07. The first-order chi connectivity index (χ1) is 7.27. The summed E-state index contributed by atoms with van der Waals surface area (Å²) in [5.41, 5.74) is 1.14. The van der Waals surface area contributed by atoms with Crippen molar-refractivity contribution < 1.29 is 5.11 Å². The third kappa shape index (κ3) is 2.92. The van der Waals surface area contributed by atoms with E-state index in [4.69, 9.17) is 11.6 Å². The van der Waals surface area contributed by atoms with E-state index in [0.717, 1.165) is 29.5 Å². The molecule has 84 valence electrons. The predicted molar refractivity (Wildman–Crippen MR) is 63.4 cm³/mol. The maximum atomic E-state index is 9.57. The minimum atomic E-state index is -0.213. The molecule has 0 amide bonds. The Morgan fingerprint density at radius 1 is 1.60 bits per heavy atom. The monoisotopic (exact) mass is 246 g/mol. The van der Waals surface area contributed by atoms with Crippen molar-refractivity contribution in [3.63, 3.8) is 0 Å². The Balaban J connectivity index is 1.73.